The third-order valence-electron chi connectivity index (χ3n) is 4.73. The van der Waals surface area contributed by atoms with Gasteiger partial charge in [-0.05, 0) is 44.0 Å². The zero-order valence-electron chi connectivity index (χ0n) is 15.5. The highest BCUT2D eigenvalue weighted by molar-refractivity contribution is 7.89. The van der Waals surface area contributed by atoms with Crippen molar-refractivity contribution in [1.82, 2.24) is 14.5 Å². The van der Waals surface area contributed by atoms with E-state index in [2.05, 4.69) is 10.1 Å². The van der Waals surface area contributed by atoms with Crippen molar-refractivity contribution in [2.45, 2.75) is 31.7 Å². The van der Waals surface area contributed by atoms with Gasteiger partial charge in [0.2, 0.25) is 15.9 Å². The number of hydrogen-bond acceptors (Lipinski definition) is 6. The second-order valence-electron chi connectivity index (χ2n) is 6.34. The molecule has 0 saturated carbocycles. The van der Waals surface area contributed by atoms with E-state index in [1.807, 2.05) is 18.7 Å². The molecule has 9 heteroatoms. The van der Waals surface area contributed by atoms with Gasteiger partial charge < -0.3 is 4.74 Å². The predicted molar refractivity (Wildman–Crippen MR) is 96.3 cm³/mol. The van der Waals surface area contributed by atoms with E-state index in [-0.39, 0.29) is 18.0 Å². The number of ether oxygens (including phenoxy) is 1. The Hall–Kier alpha value is -1.97. The molecule has 26 heavy (non-hydrogen) atoms. The lowest BCUT2D eigenvalue weighted by atomic mass is 10.1. The number of imide groups is 1. The summed E-state index contributed by atoms with van der Waals surface area (Å²) in [6.45, 7) is 6.86. The molecule has 0 aromatic heterocycles. The molecular weight excluding hydrogens is 358 g/mol. The van der Waals surface area contributed by atoms with Crippen LogP contribution in [0.5, 0.6) is 0 Å². The van der Waals surface area contributed by atoms with Crippen LogP contribution in [0.25, 0.3) is 0 Å². The molecule has 2 rings (SSSR count). The van der Waals surface area contributed by atoms with E-state index in [1.54, 1.807) is 25.1 Å². The highest BCUT2D eigenvalue weighted by Gasteiger charge is 2.32. The number of rotatable bonds is 4. The maximum Gasteiger partial charge on any atom is 0.413 e. The summed E-state index contributed by atoms with van der Waals surface area (Å²) in [4.78, 5) is 25.3. The van der Waals surface area contributed by atoms with Gasteiger partial charge in [-0.3, -0.25) is 15.0 Å². The summed E-state index contributed by atoms with van der Waals surface area (Å²) in [5.74, 6) is -0.470. The molecule has 1 heterocycles. The van der Waals surface area contributed by atoms with Gasteiger partial charge in [-0.15, -0.1) is 0 Å². The van der Waals surface area contributed by atoms with Crippen LogP contribution < -0.4 is 5.32 Å². The molecule has 0 spiro atoms. The largest absolute Gasteiger partial charge is 0.453 e. The van der Waals surface area contributed by atoms with Crippen LogP contribution in [0, 0.1) is 13.8 Å². The summed E-state index contributed by atoms with van der Waals surface area (Å²) < 4.78 is 31.5. The van der Waals surface area contributed by atoms with Gasteiger partial charge in [0.05, 0.1) is 18.0 Å². The van der Waals surface area contributed by atoms with Crippen molar-refractivity contribution in [3.63, 3.8) is 0 Å². The predicted octanol–water partition coefficient (Wildman–Crippen LogP) is 0.881. The molecule has 144 valence electrons. The van der Waals surface area contributed by atoms with Gasteiger partial charge in [-0.1, -0.05) is 6.07 Å². The maximum absolute atomic E-state index is 12.8. The van der Waals surface area contributed by atoms with Crippen LogP contribution in [-0.4, -0.2) is 69.0 Å². The molecule has 1 atom stereocenters. The van der Waals surface area contributed by atoms with E-state index in [0.29, 0.717) is 13.1 Å². The second-order valence-corrected chi connectivity index (χ2v) is 8.28. The first kappa shape index (κ1) is 20.3. The van der Waals surface area contributed by atoms with E-state index in [4.69, 9.17) is 0 Å². The Kier molecular flexibility index (Phi) is 6.38. The molecule has 1 aromatic rings. The SMILES string of the molecule is COC(=O)NC(=O)[C@H](C)N1CCN(S(=O)(=O)c2ccc(C)c(C)c2)CC1. The summed E-state index contributed by atoms with van der Waals surface area (Å²) in [5, 5.41) is 2.13. The summed E-state index contributed by atoms with van der Waals surface area (Å²) >= 11 is 0. The Balaban J connectivity index is 2.02. The van der Waals surface area contributed by atoms with Gasteiger partial charge in [0.1, 0.15) is 0 Å². The summed E-state index contributed by atoms with van der Waals surface area (Å²) in [6, 6.07) is 4.55. The van der Waals surface area contributed by atoms with Crippen molar-refractivity contribution < 1.29 is 22.7 Å². The van der Waals surface area contributed by atoms with Gasteiger partial charge in [-0.25, -0.2) is 13.2 Å². The highest BCUT2D eigenvalue weighted by Crippen LogP contribution is 2.21. The number of carbonyl (C=O) groups is 2. The number of methoxy groups -OCH3 is 1. The Morgan fingerprint density at radius 3 is 2.27 bits per heavy atom. The van der Waals surface area contributed by atoms with E-state index in [1.165, 1.54) is 11.4 Å². The number of aryl methyl sites for hydroxylation is 2. The van der Waals surface area contributed by atoms with Crippen molar-refractivity contribution in [3.05, 3.63) is 29.3 Å². The van der Waals surface area contributed by atoms with Crippen molar-refractivity contribution >= 4 is 22.0 Å². The normalized spacial score (nSPS) is 17.5. The first-order chi connectivity index (χ1) is 12.2. The first-order valence-electron chi connectivity index (χ1n) is 8.37. The zero-order valence-corrected chi connectivity index (χ0v) is 16.3. The molecule has 0 unspecified atom stereocenters. The molecule has 1 aliphatic rings. The van der Waals surface area contributed by atoms with Crippen LogP contribution in [0.4, 0.5) is 4.79 Å². The van der Waals surface area contributed by atoms with Crippen molar-refractivity contribution in [3.8, 4) is 0 Å². The molecule has 1 fully saturated rings. The minimum absolute atomic E-state index is 0.283. The van der Waals surface area contributed by atoms with E-state index in [9.17, 15) is 18.0 Å². The van der Waals surface area contributed by atoms with Crippen molar-refractivity contribution in [2.75, 3.05) is 33.3 Å². The number of alkyl carbamates (subject to hydrolysis) is 1. The average Bonchev–Trinajstić information content (AvgIpc) is 2.63. The van der Waals surface area contributed by atoms with Gasteiger partial charge in [0.15, 0.2) is 0 Å². The fourth-order valence-electron chi connectivity index (χ4n) is 2.78. The zero-order chi connectivity index (χ0) is 19.5. The molecule has 0 bridgehead atoms. The fraction of sp³-hybridized carbons (Fsp3) is 0.529. The van der Waals surface area contributed by atoms with Crippen LogP contribution in [0.2, 0.25) is 0 Å². The van der Waals surface area contributed by atoms with Crippen molar-refractivity contribution in [2.24, 2.45) is 0 Å². The van der Waals surface area contributed by atoms with E-state index < -0.39 is 28.1 Å². The average molecular weight is 383 g/mol. The number of carbonyl (C=O) groups excluding carboxylic acids is 2. The lowest BCUT2D eigenvalue weighted by molar-refractivity contribution is -0.125. The Morgan fingerprint density at radius 2 is 1.73 bits per heavy atom. The minimum Gasteiger partial charge on any atom is -0.453 e. The fourth-order valence-corrected chi connectivity index (χ4v) is 4.28. The van der Waals surface area contributed by atoms with Crippen LogP contribution in [0.15, 0.2) is 23.1 Å². The Labute approximate surface area is 154 Å². The number of hydrogen-bond donors (Lipinski definition) is 1. The second kappa shape index (κ2) is 8.15. The number of benzene rings is 1. The van der Waals surface area contributed by atoms with Gasteiger partial charge in [0.25, 0.3) is 0 Å². The number of amides is 2. The van der Waals surface area contributed by atoms with Crippen LogP contribution >= 0.6 is 0 Å². The molecule has 1 aliphatic heterocycles. The Bertz CT molecular complexity index is 786. The summed E-state index contributed by atoms with van der Waals surface area (Å²) in [7, 11) is -2.38. The van der Waals surface area contributed by atoms with Crippen LogP contribution in [-0.2, 0) is 19.6 Å². The first-order valence-corrected chi connectivity index (χ1v) is 9.81. The molecule has 1 aromatic carbocycles. The molecule has 2 amide bonds. The van der Waals surface area contributed by atoms with Gasteiger partial charge in [0, 0.05) is 26.2 Å². The summed E-state index contributed by atoms with van der Waals surface area (Å²) in [6.07, 6.45) is -0.808. The topological polar surface area (TPSA) is 96.0 Å². The Morgan fingerprint density at radius 1 is 1.12 bits per heavy atom. The number of piperazine rings is 1. The van der Waals surface area contributed by atoms with Crippen molar-refractivity contribution in [1.29, 1.82) is 0 Å². The third kappa shape index (κ3) is 4.40. The maximum atomic E-state index is 12.8. The lowest BCUT2D eigenvalue weighted by Gasteiger charge is -2.36. The van der Waals surface area contributed by atoms with Crippen LogP contribution in [0.3, 0.4) is 0 Å². The lowest BCUT2D eigenvalue weighted by Crippen LogP contribution is -2.55. The van der Waals surface area contributed by atoms with E-state index >= 15 is 0 Å². The standard InChI is InChI=1S/C17H25N3O5S/c1-12-5-6-15(11-13(12)2)26(23,24)20-9-7-19(8-10-20)14(3)16(21)18-17(22)25-4/h5-6,11,14H,7-10H2,1-4H3,(H,18,21,22)/t14-/m0/s1. The van der Waals surface area contributed by atoms with Crippen LogP contribution in [0.1, 0.15) is 18.1 Å². The number of nitrogens with zero attached hydrogens (tertiary/aromatic N) is 2. The van der Waals surface area contributed by atoms with E-state index in [0.717, 1.165) is 11.1 Å². The molecule has 0 aliphatic carbocycles. The minimum atomic E-state index is -3.56. The van der Waals surface area contributed by atoms with Gasteiger partial charge >= 0.3 is 6.09 Å². The monoisotopic (exact) mass is 383 g/mol. The molecule has 0 radical (unpaired) electrons. The molecule has 1 N–H and O–H groups in total. The molecular formula is C17H25N3O5S. The smallest absolute Gasteiger partial charge is 0.413 e. The highest BCUT2D eigenvalue weighted by atomic mass is 32.2. The number of sulfonamides is 1. The summed E-state index contributed by atoms with van der Waals surface area (Å²) in [5.41, 5.74) is 1.97. The molecule has 1 saturated heterocycles. The third-order valence-corrected chi connectivity index (χ3v) is 6.62. The quantitative estimate of drug-likeness (QED) is 0.829. The van der Waals surface area contributed by atoms with Gasteiger partial charge in [-0.2, -0.15) is 4.31 Å². The number of nitrogens with one attached hydrogen (secondary N) is 1. The molecule has 8 nitrogen and oxygen atoms in total.